The molecule has 1 aromatic heterocycles. The molecule has 5 heteroatoms. The molecule has 2 aromatic rings. The molecular formula is C16H18N2OS2. The standard InChI is InChI=1S/C16H18N2OS2/c1-2-18(11-13-9-6-10-21-13)16(19)14(15(17)20)12-7-4-3-5-8-12/h3-10,14H,2,11H2,1H3,(H2,17,20). The Morgan fingerprint density at radius 3 is 2.52 bits per heavy atom. The predicted molar refractivity (Wildman–Crippen MR) is 91.4 cm³/mol. The highest BCUT2D eigenvalue weighted by Gasteiger charge is 2.27. The fourth-order valence-electron chi connectivity index (χ4n) is 2.19. The summed E-state index contributed by atoms with van der Waals surface area (Å²) >= 11 is 6.77. The van der Waals surface area contributed by atoms with Crippen molar-refractivity contribution < 1.29 is 4.79 Å². The van der Waals surface area contributed by atoms with Gasteiger partial charge in [0, 0.05) is 11.4 Å². The molecule has 3 nitrogen and oxygen atoms in total. The Morgan fingerprint density at radius 1 is 1.29 bits per heavy atom. The van der Waals surface area contributed by atoms with E-state index in [0.29, 0.717) is 13.1 Å². The summed E-state index contributed by atoms with van der Waals surface area (Å²) in [6.07, 6.45) is 0. The summed E-state index contributed by atoms with van der Waals surface area (Å²) in [7, 11) is 0. The molecule has 1 aromatic carbocycles. The van der Waals surface area contributed by atoms with Gasteiger partial charge in [-0.1, -0.05) is 48.6 Å². The molecule has 0 radical (unpaired) electrons. The largest absolute Gasteiger partial charge is 0.392 e. The quantitative estimate of drug-likeness (QED) is 0.832. The number of nitrogens with two attached hydrogens (primary N) is 1. The van der Waals surface area contributed by atoms with Gasteiger partial charge < -0.3 is 10.6 Å². The van der Waals surface area contributed by atoms with Gasteiger partial charge in [0.05, 0.1) is 11.5 Å². The molecule has 1 atom stereocenters. The molecule has 0 bridgehead atoms. The Labute approximate surface area is 134 Å². The first-order chi connectivity index (χ1) is 10.1. The van der Waals surface area contributed by atoms with Gasteiger partial charge in [-0.3, -0.25) is 4.79 Å². The van der Waals surface area contributed by atoms with E-state index in [1.54, 1.807) is 16.2 Å². The average molecular weight is 318 g/mol. The fraction of sp³-hybridized carbons (Fsp3) is 0.250. The van der Waals surface area contributed by atoms with Crippen LogP contribution in [0.15, 0.2) is 47.8 Å². The van der Waals surface area contributed by atoms with Crippen molar-refractivity contribution in [2.75, 3.05) is 6.54 Å². The van der Waals surface area contributed by atoms with Crippen molar-refractivity contribution in [3.05, 3.63) is 58.3 Å². The van der Waals surface area contributed by atoms with E-state index in [1.165, 1.54) is 0 Å². The minimum absolute atomic E-state index is 0.0374. The van der Waals surface area contributed by atoms with Crippen LogP contribution in [0, 0.1) is 0 Å². The van der Waals surface area contributed by atoms with E-state index in [-0.39, 0.29) is 10.9 Å². The SMILES string of the molecule is CCN(Cc1cccs1)C(=O)C(C(N)=S)c1ccccc1. The zero-order valence-electron chi connectivity index (χ0n) is 11.9. The van der Waals surface area contributed by atoms with Crippen LogP contribution in [0.3, 0.4) is 0 Å². The first-order valence-electron chi connectivity index (χ1n) is 6.79. The van der Waals surface area contributed by atoms with Crippen molar-refractivity contribution in [2.24, 2.45) is 5.73 Å². The highest BCUT2D eigenvalue weighted by atomic mass is 32.1. The molecule has 2 N–H and O–H groups in total. The molecule has 0 spiro atoms. The third kappa shape index (κ3) is 3.89. The molecule has 110 valence electrons. The first-order valence-corrected chi connectivity index (χ1v) is 8.07. The minimum atomic E-state index is -0.555. The van der Waals surface area contributed by atoms with Crippen LogP contribution in [0.4, 0.5) is 0 Å². The maximum atomic E-state index is 12.8. The highest BCUT2D eigenvalue weighted by molar-refractivity contribution is 7.80. The van der Waals surface area contributed by atoms with E-state index >= 15 is 0 Å². The summed E-state index contributed by atoms with van der Waals surface area (Å²) in [5, 5.41) is 2.01. The second kappa shape index (κ2) is 7.33. The molecule has 0 fully saturated rings. The van der Waals surface area contributed by atoms with E-state index in [0.717, 1.165) is 10.4 Å². The number of carbonyl (C=O) groups is 1. The second-order valence-corrected chi connectivity index (χ2v) is 6.18. The monoisotopic (exact) mass is 318 g/mol. The summed E-state index contributed by atoms with van der Waals surface area (Å²) in [6, 6.07) is 13.5. The number of hydrogen-bond donors (Lipinski definition) is 1. The lowest BCUT2D eigenvalue weighted by Gasteiger charge is -2.25. The second-order valence-electron chi connectivity index (χ2n) is 4.68. The maximum Gasteiger partial charge on any atom is 0.237 e. The molecule has 0 aliphatic rings. The lowest BCUT2D eigenvalue weighted by Crippen LogP contribution is -2.39. The summed E-state index contributed by atoms with van der Waals surface area (Å²) < 4.78 is 0. The summed E-state index contributed by atoms with van der Waals surface area (Å²) in [4.78, 5) is 16.0. The molecule has 1 amide bonds. The van der Waals surface area contributed by atoms with Crippen LogP contribution in [0.1, 0.15) is 23.3 Å². The topological polar surface area (TPSA) is 46.3 Å². The number of nitrogens with zero attached hydrogens (tertiary/aromatic N) is 1. The molecule has 0 aliphatic carbocycles. The van der Waals surface area contributed by atoms with Crippen molar-refractivity contribution >= 4 is 34.5 Å². The van der Waals surface area contributed by atoms with Gasteiger partial charge in [0.2, 0.25) is 5.91 Å². The highest BCUT2D eigenvalue weighted by Crippen LogP contribution is 2.21. The predicted octanol–water partition coefficient (Wildman–Crippen LogP) is 3.17. The number of hydrogen-bond acceptors (Lipinski definition) is 3. The van der Waals surface area contributed by atoms with Crippen LogP contribution in [0.5, 0.6) is 0 Å². The van der Waals surface area contributed by atoms with Crippen LogP contribution < -0.4 is 5.73 Å². The molecule has 0 saturated heterocycles. The van der Waals surface area contributed by atoms with Gasteiger partial charge in [0.25, 0.3) is 0 Å². The van der Waals surface area contributed by atoms with Crippen molar-refractivity contribution in [3.8, 4) is 0 Å². The van der Waals surface area contributed by atoms with Crippen LogP contribution in [-0.4, -0.2) is 22.3 Å². The summed E-state index contributed by atoms with van der Waals surface area (Å²) in [5.74, 6) is -0.592. The number of rotatable bonds is 6. The van der Waals surface area contributed by atoms with Gasteiger partial charge in [-0.2, -0.15) is 0 Å². The number of carbonyl (C=O) groups excluding carboxylic acids is 1. The zero-order chi connectivity index (χ0) is 15.2. The van der Waals surface area contributed by atoms with Crippen molar-refractivity contribution in [2.45, 2.75) is 19.4 Å². The molecule has 0 saturated carbocycles. The lowest BCUT2D eigenvalue weighted by atomic mass is 9.97. The molecule has 1 heterocycles. The van der Waals surface area contributed by atoms with Crippen LogP contribution in [0.2, 0.25) is 0 Å². The van der Waals surface area contributed by atoms with Crippen molar-refractivity contribution in [3.63, 3.8) is 0 Å². The van der Waals surface area contributed by atoms with E-state index in [4.69, 9.17) is 18.0 Å². The van der Waals surface area contributed by atoms with E-state index in [2.05, 4.69) is 0 Å². The van der Waals surface area contributed by atoms with Gasteiger partial charge in [-0.25, -0.2) is 0 Å². The third-order valence-corrected chi connectivity index (χ3v) is 4.38. The van der Waals surface area contributed by atoms with Gasteiger partial charge in [-0.15, -0.1) is 11.3 Å². The zero-order valence-corrected chi connectivity index (χ0v) is 13.5. The molecular weight excluding hydrogens is 300 g/mol. The maximum absolute atomic E-state index is 12.8. The first kappa shape index (κ1) is 15.7. The van der Waals surface area contributed by atoms with E-state index in [9.17, 15) is 4.79 Å². The number of benzene rings is 1. The number of likely N-dealkylation sites (N-methyl/N-ethyl adjacent to an activating group) is 1. The Hall–Kier alpha value is -1.72. The van der Waals surface area contributed by atoms with Crippen LogP contribution >= 0.6 is 23.6 Å². The minimum Gasteiger partial charge on any atom is -0.392 e. The Kier molecular flexibility index (Phi) is 5.47. The Balaban J connectivity index is 2.22. The fourth-order valence-corrected chi connectivity index (χ4v) is 3.15. The van der Waals surface area contributed by atoms with Gasteiger partial charge in [-0.05, 0) is 23.9 Å². The smallest absolute Gasteiger partial charge is 0.237 e. The third-order valence-electron chi connectivity index (χ3n) is 3.28. The average Bonchev–Trinajstić information content (AvgIpc) is 2.98. The Morgan fingerprint density at radius 2 is 2.00 bits per heavy atom. The van der Waals surface area contributed by atoms with Gasteiger partial charge in [0.1, 0.15) is 5.92 Å². The van der Waals surface area contributed by atoms with Crippen molar-refractivity contribution in [1.29, 1.82) is 0 Å². The van der Waals surface area contributed by atoms with Gasteiger partial charge >= 0.3 is 0 Å². The molecule has 21 heavy (non-hydrogen) atoms. The molecule has 0 aliphatic heterocycles. The van der Waals surface area contributed by atoms with E-state index in [1.807, 2.05) is 54.8 Å². The Bertz CT molecular complexity index is 596. The number of thiocarbonyl (C=S) groups is 1. The number of amides is 1. The summed E-state index contributed by atoms with van der Waals surface area (Å²) in [5.41, 5.74) is 6.67. The van der Waals surface area contributed by atoms with Gasteiger partial charge in [0.15, 0.2) is 0 Å². The van der Waals surface area contributed by atoms with Crippen molar-refractivity contribution in [1.82, 2.24) is 4.90 Å². The lowest BCUT2D eigenvalue weighted by molar-refractivity contribution is -0.131. The van der Waals surface area contributed by atoms with Crippen LogP contribution in [-0.2, 0) is 11.3 Å². The normalized spacial score (nSPS) is 11.9. The van der Waals surface area contributed by atoms with Crippen LogP contribution in [0.25, 0.3) is 0 Å². The number of thiophene rings is 1. The molecule has 1 unspecified atom stereocenters. The van der Waals surface area contributed by atoms with E-state index < -0.39 is 5.92 Å². The summed E-state index contributed by atoms with van der Waals surface area (Å²) in [6.45, 7) is 3.19. The molecule has 2 rings (SSSR count).